The molecule has 2 N–H and O–H groups in total. The summed E-state index contributed by atoms with van der Waals surface area (Å²) in [5.41, 5.74) is 6.19. The summed E-state index contributed by atoms with van der Waals surface area (Å²) in [7, 11) is 0. The maximum absolute atomic E-state index is 11.1. The second-order valence-electron chi connectivity index (χ2n) is 8.79. The molecule has 6 nitrogen and oxygen atoms in total. The van der Waals surface area contributed by atoms with Crippen molar-refractivity contribution in [1.82, 2.24) is 15.3 Å². The van der Waals surface area contributed by atoms with Crippen LogP contribution in [0.1, 0.15) is 30.5 Å². The zero-order valence-electron chi connectivity index (χ0n) is 19.1. The SMILES string of the molecule is C[C@@H]1CN(Cc2ccc(-c3ccco3)cc2)C[C@H](C)N1Cc1ccc(/C=C/C(=O)NO)cc1. The summed E-state index contributed by atoms with van der Waals surface area (Å²) in [6.45, 7) is 8.50. The minimum atomic E-state index is -0.534. The number of hydrogen-bond acceptors (Lipinski definition) is 5. The van der Waals surface area contributed by atoms with Crippen LogP contribution in [0.5, 0.6) is 0 Å². The first kappa shape index (κ1) is 23.0. The van der Waals surface area contributed by atoms with E-state index in [0.29, 0.717) is 12.1 Å². The minimum Gasteiger partial charge on any atom is -0.464 e. The number of furan rings is 1. The van der Waals surface area contributed by atoms with E-state index in [1.807, 2.05) is 24.3 Å². The second-order valence-corrected chi connectivity index (χ2v) is 8.79. The van der Waals surface area contributed by atoms with Gasteiger partial charge < -0.3 is 4.42 Å². The molecule has 6 heteroatoms. The van der Waals surface area contributed by atoms with Crippen LogP contribution in [0.25, 0.3) is 17.4 Å². The van der Waals surface area contributed by atoms with Gasteiger partial charge in [0, 0.05) is 49.9 Å². The number of piperazine rings is 1. The lowest BCUT2D eigenvalue weighted by molar-refractivity contribution is -0.124. The molecule has 0 unspecified atom stereocenters. The molecule has 2 heterocycles. The van der Waals surface area contributed by atoms with E-state index in [9.17, 15) is 4.79 Å². The fraction of sp³-hybridized carbons (Fsp3) is 0.296. The van der Waals surface area contributed by atoms with Gasteiger partial charge in [0.1, 0.15) is 5.76 Å². The van der Waals surface area contributed by atoms with Crippen molar-refractivity contribution in [1.29, 1.82) is 0 Å². The zero-order chi connectivity index (χ0) is 23.2. The molecule has 0 bridgehead atoms. The molecule has 0 saturated carbocycles. The van der Waals surface area contributed by atoms with E-state index in [2.05, 4.69) is 60.0 Å². The predicted molar refractivity (Wildman–Crippen MR) is 129 cm³/mol. The van der Waals surface area contributed by atoms with E-state index in [1.54, 1.807) is 17.8 Å². The summed E-state index contributed by atoms with van der Waals surface area (Å²) in [5, 5.41) is 8.57. The summed E-state index contributed by atoms with van der Waals surface area (Å²) in [6.07, 6.45) is 4.69. The van der Waals surface area contributed by atoms with Crippen LogP contribution in [0.3, 0.4) is 0 Å². The van der Waals surface area contributed by atoms with Crippen LogP contribution in [0.2, 0.25) is 0 Å². The van der Waals surface area contributed by atoms with Gasteiger partial charge in [-0.2, -0.15) is 0 Å². The minimum absolute atomic E-state index is 0.448. The van der Waals surface area contributed by atoms with Gasteiger partial charge >= 0.3 is 0 Å². The van der Waals surface area contributed by atoms with E-state index in [4.69, 9.17) is 9.62 Å². The highest BCUT2D eigenvalue weighted by molar-refractivity contribution is 5.90. The number of nitrogens with zero attached hydrogens (tertiary/aromatic N) is 2. The van der Waals surface area contributed by atoms with Crippen molar-refractivity contribution in [3.8, 4) is 11.3 Å². The average molecular weight is 446 g/mol. The van der Waals surface area contributed by atoms with Crippen molar-refractivity contribution in [2.45, 2.75) is 39.0 Å². The molecule has 1 aliphatic heterocycles. The topological polar surface area (TPSA) is 69.0 Å². The fourth-order valence-corrected chi connectivity index (χ4v) is 4.54. The van der Waals surface area contributed by atoms with Gasteiger partial charge in [-0.25, -0.2) is 5.48 Å². The second kappa shape index (κ2) is 10.6. The Morgan fingerprint density at radius 3 is 2.24 bits per heavy atom. The van der Waals surface area contributed by atoms with E-state index < -0.39 is 5.91 Å². The highest BCUT2D eigenvalue weighted by atomic mass is 16.5. The van der Waals surface area contributed by atoms with Crippen LogP contribution in [-0.4, -0.2) is 46.1 Å². The van der Waals surface area contributed by atoms with Crippen molar-refractivity contribution in [3.63, 3.8) is 0 Å². The largest absolute Gasteiger partial charge is 0.464 e. The Balaban J connectivity index is 1.32. The Hall–Kier alpha value is -3.19. The number of carbonyl (C=O) groups excluding carboxylic acids is 1. The van der Waals surface area contributed by atoms with Crippen LogP contribution in [0.4, 0.5) is 0 Å². The van der Waals surface area contributed by atoms with E-state index in [-0.39, 0.29) is 0 Å². The number of hydroxylamine groups is 1. The third-order valence-electron chi connectivity index (χ3n) is 6.23. The molecule has 2 atom stereocenters. The van der Waals surface area contributed by atoms with Crippen molar-refractivity contribution in [2.75, 3.05) is 13.1 Å². The summed E-state index contributed by atoms with van der Waals surface area (Å²) in [6, 6.07) is 21.6. The first-order valence-electron chi connectivity index (χ1n) is 11.3. The highest BCUT2D eigenvalue weighted by Gasteiger charge is 2.29. The highest BCUT2D eigenvalue weighted by Crippen LogP contribution is 2.23. The van der Waals surface area contributed by atoms with Crippen molar-refractivity contribution < 1.29 is 14.4 Å². The molecule has 1 saturated heterocycles. The number of nitrogens with one attached hydrogen (secondary N) is 1. The lowest BCUT2D eigenvalue weighted by Crippen LogP contribution is -2.55. The van der Waals surface area contributed by atoms with Crippen LogP contribution >= 0.6 is 0 Å². The van der Waals surface area contributed by atoms with E-state index >= 15 is 0 Å². The Bertz CT molecular complexity index is 1050. The van der Waals surface area contributed by atoms with Crippen molar-refractivity contribution >= 4 is 12.0 Å². The monoisotopic (exact) mass is 445 g/mol. The molecule has 0 radical (unpaired) electrons. The van der Waals surface area contributed by atoms with Gasteiger partial charge in [0.2, 0.25) is 0 Å². The Kier molecular flexibility index (Phi) is 7.40. The molecule has 1 amide bonds. The van der Waals surface area contributed by atoms with Crippen molar-refractivity contribution in [2.24, 2.45) is 0 Å². The number of benzene rings is 2. The lowest BCUT2D eigenvalue weighted by atomic mass is 10.0. The molecule has 33 heavy (non-hydrogen) atoms. The molecule has 3 aromatic rings. The first-order chi connectivity index (χ1) is 16.0. The first-order valence-corrected chi connectivity index (χ1v) is 11.3. The quantitative estimate of drug-likeness (QED) is 0.317. The zero-order valence-corrected chi connectivity index (χ0v) is 19.1. The Labute approximate surface area is 195 Å². The molecule has 2 aromatic carbocycles. The molecule has 1 aliphatic rings. The van der Waals surface area contributed by atoms with Crippen LogP contribution in [-0.2, 0) is 17.9 Å². The van der Waals surface area contributed by atoms with Gasteiger partial charge in [-0.05, 0) is 48.7 Å². The van der Waals surface area contributed by atoms with Gasteiger partial charge in [0.05, 0.1) is 6.26 Å². The van der Waals surface area contributed by atoms with Gasteiger partial charge in [-0.3, -0.25) is 19.8 Å². The average Bonchev–Trinajstić information content (AvgIpc) is 3.36. The molecular formula is C27H31N3O3. The van der Waals surface area contributed by atoms with Crippen molar-refractivity contribution in [3.05, 3.63) is 89.7 Å². The Morgan fingerprint density at radius 2 is 1.64 bits per heavy atom. The maximum Gasteiger partial charge on any atom is 0.267 e. The van der Waals surface area contributed by atoms with Gasteiger partial charge in [-0.15, -0.1) is 0 Å². The number of rotatable bonds is 7. The third-order valence-corrected chi connectivity index (χ3v) is 6.23. The summed E-state index contributed by atoms with van der Waals surface area (Å²) in [4.78, 5) is 16.2. The number of amides is 1. The van der Waals surface area contributed by atoms with Gasteiger partial charge in [-0.1, -0.05) is 48.5 Å². The molecule has 1 fully saturated rings. The normalized spacial score (nSPS) is 19.7. The summed E-state index contributed by atoms with van der Waals surface area (Å²) >= 11 is 0. The van der Waals surface area contributed by atoms with Gasteiger partial charge in [0.15, 0.2) is 0 Å². The summed E-state index contributed by atoms with van der Waals surface area (Å²) in [5.74, 6) is 0.366. The predicted octanol–water partition coefficient (Wildman–Crippen LogP) is 4.56. The lowest BCUT2D eigenvalue weighted by Gasteiger charge is -2.44. The fourth-order valence-electron chi connectivity index (χ4n) is 4.54. The van der Waals surface area contributed by atoms with E-state index in [0.717, 1.165) is 43.1 Å². The number of carbonyl (C=O) groups is 1. The summed E-state index contributed by atoms with van der Waals surface area (Å²) < 4.78 is 5.49. The third kappa shape index (κ3) is 5.99. The number of hydrogen-bond donors (Lipinski definition) is 2. The molecule has 1 aromatic heterocycles. The molecular weight excluding hydrogens is 414 g/mol. The standard InChI is InChI=1S/C27H31N3O3/c1-20-16-29(18-23-9-12-25(13-10-23)26-4-3-15-33-26)17-21(2)30(20)19-24-7-5-22(6-8-24)11-14-27(31)28-32/h3-15,20-21,32H,16-19H2,1-2H3,(H,28,31)/b14-11+/t20-,21+. The maximum atomic E-state index is 11.1. The molecule has 0 spiro atoms. The Morgan fingerprint density at radius 1 is 1.00 bits per heavy atom. The molecule has 172 valence electrons. The smallest absolute Gasteiger partial charge is 0.267 e. The molecule has 0 aliphatic carbocycles. The van der Waals surface area contributed by atoms with Crippen LogP contribution < -0.4 is 5.48 Å². The van der Waals surface area contributed by atoms with Crippen LogP contribution in [0, 0.1) is 0 Å². The molecule has 4 rings (SSSR count). The van der Waals surface area contributed by atoms with Gasteiger partial charge in [0.25, 0.3) is 5.91 Å². The van der Waals surface area contributed by atoms with Crippen LogP contribution in [0.15, 0.2) is 77.4 Å². The van der Waals surface area contributed by atoms with E-state index in [1.165, 1.54) is 17.2 Å².